The molecule has 0 fully saturated rings. The average molecular weight is 307 g/mol. The summed E-state index contributed by atoms with van der Waals surface area (Å²) in [4.78, 5) is 20.5. The van der Waals surface area contributed by atoms with Crippen molar-refractivity contribution in [1.82, 2.24) is 9.88 Å². The lowest BCUT2D eigenvalue weighted by molar-refractivity contribution is 0.0195. The zero-order chi connectivity index (χ0) is 16.9. The number of carbonyl (C=O) groups excluding carboxylic acids is 1. The van der Waals surface area contributed by atoms with E-state index in [1.807, 2.05) is 66.9 Å². The highest BCUT2D eigenvalue weighted by atomic mass is 16.6. The van der Waals surface area contributed by atoms with Gasteiger partial charge in [0.2, 0.25) is 0 Å². The van der Waals surface area contributed by atoms with Crippen molar-refractivity contribution in [2.45, 2.75) is 53.2 Å². The molecule has 1 amide bonds. The summed E-state index contributed by atoms with van der Waals surface area (Å²) in [6, 6.07) is 4.06. The smallest absolute Gasteiger partial charge is 0.410 e. The fraction of sp³-hybridized carbons (Fsp3) is 0.647. The summed E-state index contributed by atoms with van der Waals surface area (Å²) in [5.41, 5.74) is 0.656. The molecule has 0 bridgehead atoms. The predicted octanol–water partition coefficient (Wildman–Crippen LogP) is 3.47. The maximum atomic E-state index is 12.3. The largest absolute Gasteiger partial charge is 0.444 e. The lowest BCUT2D eigenvalue weighted by Gasteiger charge is -2.33. The van der Waals surface area contributed by atoms with E-state index < -0.39 is 5.60 Å². The van der Waals surface area contributed by atoms with Crippen LogP contribution in [0.15, 0.2) is 18.3 Å². The Kier molecular flexibility index (Phi) is 6.21. The van der Waals surface area contributed by atoms with Gasteiger partial charge in [-0.2, -0.15) is 0 Å². The number of aromatic nitrogens is 1. The van der Waals surface area contributed by atoms with Gasteiger partial charge >= 0.3 is 6.09 Å². The van der Waals surface area contributed by atoms with Gasteiger partial charge in [0.1, 0.15) is 11.4 Å². The number of likely N-dealkylation sites (N-methyl/N-ethyl adjacent to an activating group) is 2. The lowest BCUT2D eigenvalue weighted by Crippen LogP contribution is -2.46. The van der Waals surface area contributed by atoms with Crippen LogP contribution in [0.5, 0.6) is 0 Å². The Bertz CT molecular complexity index is 480. The fourth-order valence-corrected chi connectivity index (χ4v) is 2.22. The van der Waals surface area contributed by atoms with E-state index in [4.69, 9.17) is 4.74 Å². The summed E-state index contributed by atoms with van der Waals surface area (Å²) in [6.07, 6.45) is 1.58. The number of ether oxygens (including phenoxy) is 1. The van der Waals surface area contributed by atoms with Gasteiger partial charge in [0.05, 0.1) is 0 Å². The second-order valence-electron chi connectivity index (χ2n) is 6.69. The molecule has 1 aromatic heterocycles. The third-order valence-corrected chi connectivity index (χ3v) is 3.33. The van der Waals surface area contributed by atoms with Crippen LogP contribution in [0.25, 0.3) is 0 Å². The van der Waals surface area contributed by atoms with Crippen LogP contribution in [-0.4, -0.2) is 47.8 Å². The van der Waals surface area contributed by atoms with Crippen molar-refractivity contribution >= 4 is 11.9 Å². The third kappa shape index (κ3) is 5.54. The molecule has 0 aromatic carbocycles. The Morgan fingerprint density at radius 2 is 2.00 bits per heavy atom. The normalized spacial score (nSPS) is 12.7. The van der Waals surface area contributed by atoms with E-state index in [0.29, 0.717) is 13.1 Å². The molecule has 5 heteroatoms. The minimum absolute atomic E-state index is 0.0351. The highest BCUT2D eigenvalue weighted by Gasteiger charge is 2.25. The Morgan fingerprint density at radius 1 is 1.36 bits per heavy atom. The van der Waals surface area contributed by atoms with Crippen molar-refractivity contribution in [3.63, 3.8) is 0 Å². The van der Waals surface area contributed by atoms with Crippen LogP contribution in [0.2, 0.25) is 0 Å². The molecule has 0 aliphatic rings. The van der Waals surface area contributed by atoms with Crippen LogP contribution in [0, 0.1) is 6.92 Å². The average Bonchev–Trinajstić information content (AvgIpc) is 2.37. The van der Waals surface area contributed by atoms with Gasteiger partial charge in [0.15, 0.2) is 0 Å². The molecule has 0 aliphatic heterocycles. The standard InChI is InChI=1S/C17H29N3O2/c1-8-20(16(21)22-17(4,5)6)14(3)12-19(7)15-10-9-13(2)11-18-15/h9-11,14H,8,12H2,1-7H3. The van der Waals surface area contributed by atoms with Gasteiger partial charge in [-0.15, -0.1) is 0 Å². The first-order valence-electron chi connectivity index (χ1n) is 7.77. The quantitative estimate of drug-likeness (QED) is 0.835. The molecule has 1 aromatic rings. The predicted molar refractivity (Wildman–Crippen MR) is 90.3 cm³/mol. The molecule has 1 rings (SSSR count). The van der Waals surface area contributed by atoms with Crippen LogP contribution in [0.1, 0.15) is 40.2 Å². The van der Waals surface area contributed by atoms with Gasteiger partial charge in [-0.1, -0.05) is 6.07 Å². The number of hydrogen-bond acceptors (Lipinski definition) is 4. The number of hydrogen-bond donors (Lipinski definition) is 0. The van der Waals surface area contributed by atoms with E-state index in [1.165, 1.54) is 0 Å². The van der Waals surface area contributed by atoms with Crippen LogP contribution in [0.4, 0.5) is 10.6 Å². The van der Waals surface area contributed by atoms with E-state index in [9.17, 15) is 4.79 Å². The summed E-state index contributed by atoms with van der Waals surface area (Å²) < 4.78 is 5.47. The first kappa shape index (κ1) is 18.3. The Labute approximate surface area is 134 Å². The molecule has 124 valence electrons. The Morgan fingerprint density at radius 3 is 2.45 bits per heavy atom. The molecule has 22 heavy (non-hydrogen) atoms. The number of pyridine rings is 1. The molecule has 0 spiro atoms. The summed E-state index contributed by atoms with van der Waals surface area (Å²) in [6.45, 7) is 13.0. The number of amides is 1. The molecule has 1 atom stereocenters. The SMILES string of the molecule is CCN(C(=O)OC(C)(C)C)C(C)CN(C)c1ccc(C)cn1. The molecular formula is C17H29N3O2. The number of aryl methyl sites for hydroxylation is 1. The summed E-state index contributed by atoms with van der Waals surface area (Å²) in [5.74, 6) is 0.901. The maximum absolute atomic E-state index is 12.3. The van der Waals surface area contributed by atoms with Crippen LogP contribution < -0.4 is 4.90 Å². The third-order valence-electron chi connectivity index (χ3n) is 3.33. The van der Waals surface area contributed by atoms with E-state index in [-0.39, 0.29) is 12.1 Å². The second kappa shape index (κ2) is 7.47. The van der Waals surface area contributed by atoms with Crippen molar-refractivity contribution in [1.29, 1.82) is 0 Å². The summed E-state index contributed by atoms with van der Waals surface area (Å²) >= 11 is 0. The summed E-state index contributed by atoms with van der Waals surface area (Å²) in [7, 11) is 1.98. The molecule has 5 nitrogen and oxygen atoms in total. The van der Waals surface area contributed by atoms with E-state index in [0.717, 1.165) is 11.4 Å². The van der Waals surface area contributed by atoms with Crippen molar-refractivity contribution in [3.05, 3.63) is 23.9 Å². The number of carbonyl (C=O) groups is 1. The lowest BCUT2D eigenvalue weighted by atomic mass is 10.2. The molecule has 0 N–H and O–H groups in total. The number of rotatable bonds is 5. The van der Waals surface area contributed by atoms with Crippen molar-refractivity contribution in [2.24, 2.45) is 0 Å². The molecule has 1 unspecified atom stereocenters. The zero-order valence-corrected chi connectivity index (χ0v) is 14.9. The van der Waals surface area contributed by atoms with E-state index in [1.54, 1.807) is 4.90 Å². The minimum Gasteiger partial charge on any atom is -0.444 e. The van der Waals surface area contributed by atoms with Crippen molar-refractivity contribution in [2.75, 3.05) is 25.0 Å². The molecule has 0 saturated carbocycles. The molecule has 0 radical (unpaired) electrons. The summed E-state index contributed by atoms with van der Waals surface area (Å²) in [5, 5.41) is 0. The Hall–Kier alpha value is -1.78. The van der Waals surface area contributed by atoms with Gasteiger partial charge < -0.3 is 14.5 Å². The van der Waals surface area contributed by atoms with Crippen molar-refractivity contribution < 1.29 is 9.53 Å². The molecule has 0 aliphatic carbocycles. The molecule has 0 saturated heterocycles. The molecule has 1 heterocycles. The van der Waals surface area contributed by atoms with E-state index in [2.05, 4.69) is 9.88 Å². The van der Waals surface area contributed by atoms with Crippen molar-refractivity contribution in [3.8, 4) is 0 Å². The zero-order valence-electron chi connectivity index (χ0n) is 14.9. The second-order valence-corrected chi connectivity index (χ2v) is 6.69. The number of anilines is 1. The van der Waals surface area contributed by atoms with Gasteiger partial charge in [0.25, 0.3) is 0 Å². The maximum Gasteiger partial charge on any atom is 0.410 e. The topological polar surface area (TPSA) is 45.7 Å². The van der Waals surface area contributed by atoms with Gasteiger partial charge in [-0.3, -0.25) is 0 Å². The van der Waals surface area contributed by atoms with Crippen LogP contribution in [0.3, 0.4) is 0 Å². The highest BCUT2D eigenvalue weighted by Crippen LogP contribution is 2.14. The van der Waals surface area contributed by atoms with Gasteiger partial charge in [-0.05, 0) is 53.2 Å². The monoisotopic (exact) mass is 307 g/mol. The van der Waals surface area contributed by atoms with Crippen LogP contribution >= 0.6 is 0 Å². The fourth-order valence-electron chi connectivity index (χ4n) is 2.22. The minimum atomic E-state index is -0.478. The Balaban J connectivity index is 2.69. The van der Waals surface area contributed by atoms with Gasteiger partial charge in [0, 0.05) is 32.4 Å². The first-order chi connectivity index (χ1) is 10.1. The van der Waals surface area contributed by atoms with Crippen LogP contribution in [-0.2, 0) is 4.74 Å². The van der Waals surface area contributed by atoms with Gasteiger partial charge in [-0.25, -0.2) is 9.78 Å². The first-order valence-corrected chi connectivity index (χ1v) is 7.77. The highest BCUT2D eigenvalue weighted by molar-refractivity contribution is 5.68. The molecular weight excluding hydrogens is 278 g/mol. The van der Waals surface area contributed by atoms with E-state index >= 15 is 0 Å². The number of nitrogens with zero attached hydrogens (tertiary/aromatic N) is 3.